The molecule has 0 fully saturated rings. The number of rotatable bonds is 2. The number of ether oxygens (including phenoxy) is 1. The van der Waals surface area contributed by atoms with Gasteiger partial charge in [0.15, 0.2) is 0 Å². The summed E-state index contributed by atoms with van der Waals surface area (Å²) >= 11 is 5.33. The van der Waals surface area contributed by atoms with Gasteiger partial charge in [-0.1, -0.05) is 46.3 Å². The molecule has 4 aromatic rings. The number of aromatic nitrogens is 3. The Labute approximate surface area is 179 Å². The van der Waals surface area contributed by atoms with Crippen molar-refractivity contribution in [2.24, 2.45) is 0 Å². The Kier molecular flexibility index (Phi) is 3.85. The van der Waals surface area contributed by atoms with Gasteiger partial charge in [0.2, 0.25) is 5.95 Å². The quantitative estimate of drug-likeness (QED) is 0.417. The van der Waals surface area contributed by atoms with Gasteiger partial charge < -0.3 is 10.1 Å². The van der Waals surface area contributed by atoms with Gasteiger partial charge in [-0.05, 0) is 41.3 Å². The molecule has 0 unspecified atom stereocenters. The minimum absolute atomic E-state index is 0.0823. The van der Waals surface area contributed by atoms with Crippen molar-refractivity contribution in [2.75, 3.05) is 5.32 Å². The molecule has 0 radical (unpaired) electrons. The lowest BCUT2D eigenvalue weighted by Gasteiger charge is -2.38. The molecule has 0 saturated carbocycles. The predicted octanol–water partition coefficient (Wildman–Crippen LogP) is 5.66. The Morgan fingerprint density at radius 1 is 1.07 bits per heavy atom. The summed E-state index contributed by atoms with van der Waals surface area (Å²) in [7, 11) is 0. The predicted molar refractivity (Wildman–Crippen MR) is 117 cm³/mol. The third kappa shape index (κ3) is 2.65. The van der Waals surface area contributed by atoms with E-state index in [-0.39, 0.29) is 12.1 Å². The van der Waals surface area contributed by atoms with Crippen molar-refractivity contribution in [3.8, 4) is 5.75 Å². The van der Waals surface area contributed by atoms with Crippen molar-refractivity contribution in [2.45, 2.75) is 12.1 Å². The number of nitrogens with zero attached hydrogens (tertiary/aromatic N) is 3. The van der Waals surface area contributed by atoms with E-state index in [1.807, 2.05) is 35.0 Å². The van der Waals surface area contributed by atoms with Gasteiger partial charge in [0.25, 0.3) is 0 Å². The summed E-state index contributed by atoms with van der Waals surface area (Å²) in [4.78, 5) is 5.66. The zero-order valence-electron chi connectivity index (χ0n) is 15.1. The lowest BCUT2D eigenvalue weighted by molar-refractivity contribution is 0.223. The number of hydrogen-bond donors (Lipinski definition) is 1. The molecule has 4 heterocycles. The Morgan fingerprint density at radius 3 is 2.86 bits per heavy atom. The Bertz CT molecular complexity index is 1250. The molecular formula is C22H15BrN4OS. The van der Waals surface area contributed by atoms with Crippen molar-refractivity contribution < 1.29 is 4.74 Å². The molecule has 0 spiro atoms. The maximum Gasteiger partial charge on any atom is 0.226 e. The number of anilines is 1. The number of nitrogens with one attached hydrogen (secondary N) is 1. The van der Waals surface area contributed by atoms with Gasteiger partial charge in [0, 0.05) is 20.5 Å². The second kappa shape index (κ2) is 6.57. The Hall–Kier alpha value is -2.90. The molecule has 2 atom stereocenters. The highest BCUT2D eigenvalue weighted by Gasteiger charge is 2.41. The van der Waals surface area contributed by atoms with Gasteiger partial charge in [0.05, 0.1) is 5.70 Å². The summed E-state index contributed by atoms with van der Waals surface area (Å²) in [6, 6.07) is 20.6. The average Bonchev–Trinajstić information content (AvgIpc) is 3.43. The fourth-order valence-corrected chi connectivity index (χ4v) is 5.33. The Balaban J connectivity index is 1.64. The number of benzene rings is 2. The molecule has 2 aliphatic rings. The van der Waals surface area contributed by atoms with Crippen LogP contribution in [0.25, 0.3) is 5.70 Å². The summed E-state index contributed by atoms with van der Waals surface area (Å²) < 4.78 is 9.56. The van der Waals surface area contributed by atoms with Crippen LogP contribution < -0.4 is 10.1 Å². The van der Waals surface area contributed by atoms with Crippen LogP contribution in [-0.4, -0.2) is 14.8 Å². The fraction of sp³-hybridized carbons (Fsp3) is 0.0909. The van der Waals surface area contributed by atoms with Crippen LogP contribution in [0.5, 0.6) is 5.75 Å². The van der Waals surface area contributed by atoms with Gasteiger partial charge in [-0.3, -0.25) is 0 Å². The first-order valence-electron chi connectivity index (χ1n) is 9.25. The highest BCUT2D eigenvalue weighted by Crippen LogP contribution is 2.51. The summed E-state index contributed by atoms with van der Waals surface area (Å²) in [6.07, 6.45) is 1.36. The van der Waals surface area contributed by atoms with E-state index in [0.29, 0.717) is 0 Å². The smallest absolute Gasteiger partial charge is 0.226 e. The average molecular weight is 463 g/mol. The fourth-order valence-electron chi connectivity index (χ4n) is 4.08. The van der Waals surface area contributed by atoms with E-state index < -0.39 is 0 Å². The van der Waals surface area contributed by atoms with E-state index in [2.05, 4.69) is 67.0 Å². The van der Waals surface area contributed by atoms with Crippen molar-refractivity contribution in [1.82, 2.24) is 14.8 Å². The number of thiophene rings is 1. The number of hydrogen-bond acceptors (Lipinski definition) is 5. The first kappa shape index (κ1) is 17.0. The Morgan fingerprint density at radius 2 is 2.00 bits per heavy atom. The van der Waals surface area contributed by atoms with Crippen LogP contribution in [0.4, 0.5) is 5.95 Å². The molecule has 0 saturated heterocycles. The van der Waals surface area contributed by atoms with E-state index in [1.54, 1.807) is 17.7 Å². The first-order chi connectivity index (χ1) is 14.3. The van der Waals surface area contributed by atoms with Crippen molar-refractivity contribution in [3.63, 3.8) is 0 Å². The molecule has 6 rings (SSSR count). The van der Waals surface area contributed by atoms with E-state index >= 15 is 0 Å². The van der Waals surface area contributed by atoms with E-state index in [9.17, 15) is 0 Å². The van der Waals surface area contributed by atoms with Crippen LogP contribution in [0, 0.1) is 0 Å². The van der Waals surface area contributed by atoms with Gasteiger partial charge in [-0.15, -0.1) is 11.3 Å². The highest BCUT2D eigenvalue weighted by molar-refractivity contribution is 9.10. The summed E-state index contributed by atoms with van der Waals surface area (Å²) in [5.41, 5.74) is 4.33. The molecule has 1 N–H and O–H groups in total. The van der Waals surface area contributed by atoms with E-state index in [1.165, 1.54) is 4.88 Å². The molecule has 2 aromatic heterocycles. The first-order valence-corrected chi connectivity index (χ1v) is 10.9. The topological polar surface area (TPSA) is 52.0 Å². The van der Waals surface area contributed by atoms with Crippen LogP contribution in [0.15, 0.2) is 82.4 Å². The molecule has 7 heteroatoms. The molecular weight excluding hydrogens is 448 g/mol. The molecule has 0 amide bonds. The van der Waals surface area contributed by atoms with Crippen LogP contribution in [0.1, 0.15) is 28.1 Å². The summed E-state index contributed by atoms with van der Waals surface area (Å²) in [5.74, 6) is 1.61. The second-order valence-corrected chi connectivity index (χ2v) is 8.85. The van der Waals surface area contributed by atoms with Crippen molar-refractivity contribution in [1.29, 1.82) is 0 Å². The largest absolute Gasteiger partial charge is 0.480 e. The minimum atomic E-state index is -0.241. The van der Waals surface area contributed by atoms with Crippen molar-refractivity contribution >= 4 is 38.9 Å². The monoisotopic (exact) mass is 462 g/mol. The van der Waals surface area contributed by atoms with Crippen LogP contribution in [0.2, 0.25) is 0 Å². The zero-order chi connectivity index (χ0) is 19.4. The third-order valence-corrected chi connectivity index (χ3v) is 6.70. The number of fused-ring (bicyclic) bond motifs is 3. The van der Waals surface area contributed by atoms with Gasteiger partial charge >= 0.3 is 0 Å². The molecule has 2 aromatic carbocycles. The molecule has 0 aliphatic carbocycles. The third-order valence-electron chi connectivity index (χ3n) is 5.29. The van der Waals surface area contributed by atoms with Gasteiger partial charge in [-0.2, -0.15) is 10.1 Å². The lowest BCUT2D eigenvalue weighted by Crippen LogP contribution is -2.32. The molecule has 0 bridgehead atoms. The number of para-hydroxylation sites is 1. The van der Waals surface area contributed by atoms with Crippen LogP contribution in [0.3, 0.4) is 0 Å². The highest BCUT2D eigenvalue weighted by atomic mass is 79.9. The zero-order valence-corrected chi connectivity index (χ0v) is 17.5. The lowest BCUT2D eigenvalue weighted by atomic mass is 9.87. The molecule has 2 aliphatic heterocycles. The SMILES string of the molecule is Brc1cccc([C@@H]2Oc3ccccc3C3=C2[C@H](c2cccs2)n2ncnc2N3)c1. The minimum Gasteiger partial charge on any atom is -0.480 e. The van der Waals surface area contributed by atoms with Crippen molar-refractivity contribution in [3.05, 3.63) is 98.4 Å². The second-order valence-electron chi connectivity index (χ2n) is 6.95. The van der Waals surface area contributed by atoms with Crippen LogP contribution >= 0.6 is 27.3 Å². The summed E-state index contributed by atoms with van der Waals surface area (Å²) in [6.45, 7) is 0. The molecule has 29 heavy (non-hydrogen) atoms. The van der Waals surface area contributed by atoms with Gasteiger partial charge in [0.1, 0.15) is 24.2 Å². The number of halogens is 1. The summed E-state index contributed by atoms with van der Waals surface area (Å²) in [5, 5.41) is 10.2. The molecule has 5 nitrogen and oxygen atoms in total. The maximum atomic E-state index is 6.59. The van der Waals surface area contributed by atoms with Gasteiger partial charge in [-0.25, -0.2) is 4.68 Å². The van der Waals surface area contributed by atoms with E-state index in [4.69, 9.17) is 4.74 Å². The van der Waals surface area contributed by atoms with Crippen LogP contribution in [-0.2, 0) is 0 Å². The van der Waals surface area contributed by atoms with E-state index in [0.717, 1.165) is 38.6 Å². The standard InChI is InChI=1S/C22H15BrN4OS/c23-14-6-3-5-13(11-14)21-18-19(15-7-1-2-8-16(15)28-21)26-22-24-12-25-27(22)20(18)17-9-4-10-29-17/h1-12,20-21H,(H,24,25,26)/t20-,21-/m0/s1. The molecule has 142 valence electrons. The maximum absolute atomic E-state index is 6.59. The normalized spacial score (nSPS) is 19.6.